The van der Waals surface area contributed by atoms with E-state index in [2.05, 4.69) is 44.0 Å². The van der Waals surface area contributed by atoms with Crippen molar-refractivity contribution in [1.82, 2.24) is 0 Å². The van der Waals surface area contributed by atoms with Crippen LogP contribution >= 0.6 is 31.9 Å². The lowest BCUT2D eigenvalue weighted by molar-refractivity contribution is -0.116. The summed E-state index contributed by atoms with van der Waals surface area (Å²) in [6.45, 7) is 3.65. The second-order valence-electron chi connectivity index (χ2n) is 3.42. The molecular formula is C11H12Br2O. The van der Waals surface area contributed by atoms with Crippen molar-refractivity contribution in [1.29, 1.82) is 0 Å². The van der Waals surface area contributed by atoms with E-state index in [4.69, 9.17) is 0 Å². The second kappa shape index (κ2) is 5.08. The number of rotatable bonds is 3. The Hall–Kier alpha value is -0.150. The Balaban J connectivity index is 2.81. The molecule has 0 aliphatic rings. The summed E-state index contributed by atoms with van der Waals surface area (Å²) in [6, 6.07) is 6.20. The minimum atomic E-state index is -0.0730. The molecule has 1 rings (SSSR count). The summed E-state index contributed by atoms with van der Waals surface area (Å²) in [5.74, 6) is 0.169. The number of hydrogen-bond donors (Lipinski definition) is 0. The summed E-state index contributed by atoms with van der Waals surface area (Å²) in [6.07, 6.45) is 0.746. The number of Topliss-reactive ketones (excluding diaryl/α,β-unsaturated/α-hetero) is 1. The van der Waals surface area contributed by atoms with E-state index in [0.717, 1.165) is 10.9 Å². The third-order valence-electron chi connectivity index (χ3n) is 1.96. The maximum absolute atomic E-state index is 11.1. The monoisotopic (exact) mass is 318 g/mol. The molecule has 0 saturated heterocycles. The molecule has 0 heterocycles. The molecule has 0 saturated carbocycles. The highest BCUT2D eigenvalue weighted by Crippen LogP contribution is 2.18. The first kappa shape index (κ1) is 11.9. The number of halogens is 2. The molecule has 1 aromatic carbocycles. The summed E-state index contributed by atoms with van der Waals surface area (Å²) in [5, 5.41) is 0. The first-order valence-corrected chi connectivity index (χ1v) is 6.10. The van der Waals surface area contributed by atoms with Crippen LogP contribution in [0.15, 0.2) is 22.7 Å². The smallest absolute Gasteiger partial charge is 0.143 e. The van der Waals surface area contributed by atoms with Gasteiger partial charge >= 0.3 is 0 Å². The Morgan fingerprint density at radius 3 is 2.57 bits per heavy atom. The van der Waals surface area contributed by atoms with Crippen LogP contribution in [-0.4, -0.2) is 10.6 Å². The third kappa shape index (κ3) is 3.54. The van der Waals surface area contributed by atoms with Crippen molar-refractivity contribution >= 4 is 37.6 Å². The van der Waals surface area contributed by atoms with E-state index < -0.39 is 0 Å². The van der Waals surface area contributed by atoms with E-state index in [0.29, 0.717) is 0 Å². The molecule has 14 heavy (non-hydrogen) atoms. The highest BCUT2D eigenvalue weighted by Gasteiger charge is 2.10. The van der Waals surface area contributed by atoms with Gasteiger partial charge in [0.15, 0.2) is 0 Å². The average molecular weight is 320 g/mol. The van der Waals surface area contributed by atoms with Crippen molar-refractivity contribution in [2.45, 2.75) is 25.1 Å². The first-order chi connectivity index (χ1) is 6.49. The number of aryl methyl sites for hydroxylation is 1. The van der Waals surface area contributed by atoms with Crippen molar-refractivity contribution < 1.29 is 4.79 Å². The molecule has 0 bridgehead atoms. The molecule has 0 aliphatic carbocycles. The Bertz CT molecular complexity index is 327. The zero-order valence-corrected chi connectivity index (χ0v) is 11.4. The van der Waals surface area contributed by atoms with Crippen molar-refractivity contribution in [2.75, 3.05) is 0 Å². The predicted octanol–water partition coefficient (Wildman–Crippen LogP) is 3.65. The van der Waals surface area contributed by atoms with Crippen LogP contribution in [-0.2, 0) is 11.2 Å². The number of carbonyl (C=O) groups excluding carboxylic acids is 1. The van der Waals surface area contributed by atoms with E-state index in [-0.39, 0.29) is 10.6 Å². The zero-order valence-electron chi connectivity index (χ0n) is 8.18. The van der Waals surface area contributed by atoms with Crippen LogP contribution in [0.3, 0.4) is 0 Å². The fourth-order valence-electron chi connectivity index (χ4n) is 1.28. The van der Waals surface area contributed by atoms with Crippen molar-refractivity contribution in [2.24, 2.45) is 0 Å². The van der Waals surface area contributed by atoms with Gasteiger partial charge in [0.2, 0.25) is 0 Å². The van der Waals surface area contributed by atoms with Gasteiger partial charge in [0.25, 0.3) is 0 Å². The molecule has 0 N–H and O–H groups in total. The number of ketones is 1. The van der Waals surface area contributed by atoms with E-state index in [1.54, 1.807) is 6.92 Å². The van der Waals surface area contributed by atoms with E-state index in [1.807, 2.05) is 13.0 Å². The number of alkyl halides is 1. The predicted molar refractivity (Wildman–Crippen MR) is 66.0 cm³/mol. The Labute approximate surface area is 101 Å². The van der Waals surface area contributed by atoms with Gasteiger partial charge in [-0.15, -0.1) is 0 Å². The minimum Gasteiger partial charge on any atom is -0.299 e. The van der Waals surface area contributed by atoms with Gasteiger partial charge in [0.1, 0.15) is 5.78 Å². The molecule has 1 nitrogen and oxygen atoms in total. The fraction of sp³-hybridized carbons (Fsp3) is 0.364. The van der Waals surface area contributed by atoms with Gasteiger partial charge in [-0.2, -0.15) is 0 Å². The van der Waals surface area contributed by atoms with Gasteiger partial charge in [0, 0.05) is 4.47 Å². The van der Waals surface area contributed by atoms with Crippen molar-refractivity contribution in [3.63, 3.8) is 0 Å². The van der Waals surface area contributed by atoms with E-state index in [1.165, 1.54) is 11.1 Å². The molecule has 0 fully saturated rings. The van der Waals surface area contributed by atoms with Crippen LogP contribution in [0.4, 0.5) is 0 Å². The maximum atomic E-state index is 11.1. The van der Waals surface area contributed by atoms with Crippen LogP contribution in [0.1, 0.15) is 18.1 Å². The Morgan fingerprint density at radius 2 is 2.07 bits per heavy atom. The fourth-order valence-corrected chi connectivity index (χ4v) is 2.31. The van der Waals surface area contributed by atoms with E-state index >= 15 is 0 Å². The second-order valence-corrected chi connectivity index (χ2v) is 5.44. The zero-order chi connectivity index (χ0) is 10.7. The molecule has 0 aromatic heterocycles. The van der Waals surface area contributed by atoms with Crippen LogP contribution in [0.2, 0.25) is 0 Å². The highest BCUT2D eigenvalue weighted by molar-refractivity contribution is 9.10. The molecule has 76 valence electrons. The van der Waals surface area contributed by atoms with Gasteiger partial charge in [-0.25, -0.2) is 0 Å². The number of carbonyl (C=O) groups is 1. The molecule has 3 heteroatoms. The minimum absolute atomic E-state index is 0.0730. The quantitative estimate of drug-likeness (QED) is 0.777. The third-order valence-corrected chi connectivity index (χ3v) is 3.38. The normalized spacial score (nSPS) is 12.6. The van der Waals surface area contributed by atoms with Crippen LogP contribution in [0, 0.1) is 6.92 Å². The summed E-state index contributed by atoms with van der Waals surface area (Å²) in [5.41, 5.74) is 2.38. The molecule has 0 spiro atoms. The van der Waals surface area contributed by atoms with E-state index in [9.17, 15) is 4.79 Å². The molecular weight excluding hydrogens is 308 g/mol. The van der Waals surface area contributed by atoms with Crippen LogP contribution in [0.25, 0.3) is 0 Å². The van der Waals surface area contributed by atoms with Gasteiger partial charge in [-0.1, -0.05) is 37.9 Å². The molecule has 0 amide bonds. The van der Waals surface area contributed by atoms with Gasteiger partial charge < -0.3 is 0 Å². The summed E-state index contributed by atoms with van der Waals surface area (Å²) in [7, 11) is 0. The highest BCUT2D eigenvalue weighted by atomic mass is 79.9. The Morgan fingerprint density at radius 1 is 1.43 bits per heavy atom. The lowest BCUT2D eigenvalue weighted by atomic mass is 10.1. The van der Waals surface area contributed by atoms with Crippen molar-refractivity contribution in [3.05, 3.63) is 33.8 Å². The van der Waals surface area contributed by atoms with Gasteiger partial charge in [-0.05, 0) is 43.5 Å². The number of benzene rings is 1. The Kier molecular flexibility index (Phi) is 4.32. The molecule has 1 aromatic rings. The largest absolute Gasteiger partial charge is 0.299 e. The van der Waals surface area contributed by atoms with Crippen LogP contribution in [0.5, 0.6) is 0 Å². The summed E-state index contributed by atoms with van der Waals surface area (Å²) < 4.78 is 1.07. The average Bonchev–Trinajstić information content (AvgIpc) is 2.01. The van der Waals surface area contributed by atoms with Crippen molar-refractivity contribution in [3.8, 4) is 0 Å². The lowest BCUT2D eigenvalue weighted by Crippen LogP contribution is -2.12. The number of hydrogen-bond acceptors (Lipinski definition) is 1. The lowest BCUT2D eigenvalue weighted by Gasteiger charge is -2.07. The van der Waals surface area contributed by atoms with Gasteiger partial charge in [0.05, 0.1) is 4.83 Å². The SMILES string of the molecule is CC(=O)C(Br)Cc1cc(C)cc(Br)c1. The molecule has 0 radical (unpaired) electrons. The molecule has 0 aliphatic heterocycles. The standard InChI is InChI=1S/C11H12Br2O/c1-7-3-9(5-10(12)4-7)6-11(13)8(2)14/h3-5,11H,6H2,1-2H3. The summed E-state index contributed by atoms with van der Waals surface area (Å²) in [4.78, 5) is 11.0. The topological polar surface area (TPSA) is 17.1 Å². The molecule has 1 unspecified atom stereocenters. The molecule has 1 atom stereocenters. The van der Waals surface area contributed by atoms with Gasteiger partial charge in [-0.3, -0.25) is 4.79 Å². The maximum Gasteiger partial charge on any atom is 0.143 e. The van der Waals surface area contributed by atoms with Crippen LogP contribution < -0.4 is 0 Å². The first-order valence-electron chi connectivity index (χ1n) is 4.39. The summed E-state index contributed by atoms with van der Waals surface area (Å²) >= 11 is 6.80.